The molecule has 0 aromatic heterocycles. The van der Waals surface area contributed by atoms with Crippen molar-refractivity contribution in [2.75, 3.05) is 13.2 Å². The predicted octanol–water partition coefficient (Wildman–Crippen LogP) is 2.88. The van der Waals surface area contributed by atoms with Crippen molar-refractivity contribution in [3.63, 3.8) is 0 Å². The topological polar surface area (TPSA) is 18.5 Å². The van der Waals surface area contributed by atoms with Gasteiger partial charge in [0.2, 0.25) is 0 Å². The van der Waals surface area contributed by atoms with Crippen molar-refractivity contribution in [2.45, 2.75) is 37.3 Å². The van der Waals surface area contributed by atoms with Crippen molar-refractivity contribution >= 4 is 31.2 Å². The molecule has 0 aromatic carbocycles. The van der Waals surface area contributed by atoms with E-state index in [0.717, 1.165) is 19.6 Å². The molecule has 0 aliphatic carbocycles. The lowest BCUT2D eigenvalue weighted by molar-refractivity contribution is 0.188. The van der Waals surface area contributed by atoms with Crippen molar-refractivity contribution in [3.8, 4) is 0 Å². The average molecular weight is 302 g/mol. The van der Waals surface area contributed by atoms with Crippen LogP contribution in [0.5, 0.6) is 0 Å². The van der Waals surface area contributed by atoms with Crippen LogP contribution in [0.2, 0.25) is 6.55 Å². The number of halogens is 1. The summed E-state index contributed by atoms with van der Waals surface area (Å²) in [7, 11) is -1.87. The van der Waals surface area contributed by atoms with Gasteiger partial charge in [-0.25, -0.2) is 0 Å². The van der Waals surface area contributed by atoms with E-state index in [1.165, 1.54) is 0 Å². The van der Waals surface area contributed by atoms with E-state index in [9.17, 15) is 0 Å². The molecule has 4 heteroatoms. The molecule has 0 N–H and O–H groups in total. The number of hydrogen-bond acceptors (Lipinski definition) is 2. The zero-order chi connectivity index (χ0) is 9.61. The standard InChI is InChI=1S/C8H19IO2Si/c1-5-8(9)12(4,10-6-2)11-7-3/h8H,5-7H2,1-4H3. The van der Waals surface area contributed by atoms with Gasteiger partial charge >= 0.3 is 8.56 Å². The summed E-state index contributed by atoms with van der Waals surface area (Å²) in [6.07, 6.45) is 1.13. The summed E-state index contributed by atoms with van der Waals surface area (Å²) in [6, 6.07) is 0. The average Bonchev–Trinajstić information content (AvgIpc) is 2.04. The van der Waals surface area contributed by atoms with Gasteiger partial charge in [0.15, 0.2) is 0 Å². The zero-order valence-electron chi connectivity index (χ0n) is 8.39. The number of alkyl halides is 1. The molecule has 0 rings (SSSR count). The maximum atomic E-state index is 5.73. The fourth-order valence-corrected chi connectivity index (χ4v) is 4.58. The Morgan fingerprint density at radius 2 is 1.58 bits per heavy atom. The largest absolute Gasteiger partial charge is 0.394 e. The third-order valence-corrected chi connectivity index (χ3v) is 9.33. The predicted molar refractivity (Wildman–Crippen MR) is 63.0 cm³/mol. The Morgan fingerprint density at radius 3 is 1.83 bits per heavy atom. The van der Waals surface area contributed by atoms with Crippen LogP contribution in [0.4, 0.5) is 0 Å². The minimum Gasteiger partial charge on any atom is -0.394 e. The Balaban J connectivity index is 4.15. The minimum absolute atomic E-state index is 0.551. The van der Waals surface area contributed by atoms with E-state index in [-0.39, 0.29) is 0 Å². The molecule has 2 nitrogen and oxygen atoms in total. The lowest BCUT2D eigenvalue weighted by atomic mass is 10.6. The first kappa shape index (κ1) is 12.9. The van der Waals surface area contributed by atoms with Crippen LogP contribution in [0, 0.1) is 0 Å². The fraction of sp³-hybridized carbons (Fsp3) is 1.00. The zero-order valence-corrected chi connectivity index (χ0v) is 11.6. The van der Waals surface area contributed by atoms with Crippen molar-refractivity contribution in [2.24, 2.45) is 0 Å². The van der Waals surface area contributed by atoms with E-state index in [2.05, 4.69) is 36.1 Å². The van der Waals surface area contributed by atoms with Gasteiger partial charge in [-0.2, -0.15) is 0 Å². The first-order valence-corrected chi connectivity index (χ1v) is 8.16. The number of hydrogen-bond donors (Lipinski definition) is 0. The molecular formula is C8H19IO2Si. The Bertz CT molecular complexity index is 116. The van der Waals surface area contributed by atoms with Crippen molar-refractivity contribution in [1.82, 2.24) is 0 Å². The van der Waals surface area contributed by atoms with Gasteiger partial charge in [-0.15, -0.1) is 0 Å². The van der Waals surface area contributed by atoms with E-state index >= 15 is 0 Å². The van der Waals surface area contributed by atoms with Gasteiger partial charge in [0, 0.05) is 13.2 Å². The number of rotatable bonds is 6. The molecule has 0 fully saturated rings. The van der Waals surface area contributed by atoms with Gasteiger partial charge in [-0.1, -0.05) is 29.5 Å². The monoisotopic (exact) mass is 302 g/mol. The van der Waals surface area contributed by atoms with E-state index < -0.39 is 8.56 Å². The highest BCUT2D eigenvalue weighted by molar-refractivity contribution is 14.1. The van der Waals surface area contributed by atoms with Crippen LogP contribution in [0.15, 0.2) is 0 Å². The Hall–Kier alpha value is 0.867. The third kappa shape index (κ3) is 3.72. The Morgan fingerprint density at radius 1 is 1.17 bits per heavy atom. The highest BCUT2D eigenvalue weighted by atomic mass is 127. The molecule has 1 atom stereocenters. The molecule has 0 aromatic rings. The van der Waals surface area contributed by atoms with Gasteiger partial charge in [0.25, 0.3) is 0 Å². The third-order valence-electron chi connectivity index (χ3n) is 1.79. The van der Waals surface area contributed by atoms with Crippen molar-refractivity contribution in [1.29, 1.82) is 0 Å². The summed E-state index contributed by atoms with van der Waals surface area (Å²) in [6.45, 7) is 9.93. The molecule has 0 saturated carbocycles. The van der Waals surface area contributed by atoms with Gasteiger partial charge in [0.05, 0.1) is 3.55 Å². The highest BCUT2D eigenvalue weighted by Crippen LogP contribution is 2.22. The molecule has 0 saturated heterocycles. The quantitative estimate of drug-likeness (QED) is 0.427. The van der Waals surface area contributed by atoms with Crippen molar-refractivity contribution in [3.05, 3.63) is 0 Å². The summed E-state index contributed by atoms with van der Waals surface area (Å²) in [5, 5.41) is 0. The van der Waals surface area contributed by atoms with Gasteiger partial charge in [-0.3, -0.25) is 0 Å². The van der Waals surface area contributed by atoms with Crippen LogP contribution in [-0.4, -0.2) is 25.3 Å². The van der Waals surface area contributed by atoms with Crippen LogP contribution < -0.4 is 0 Å². The Kier molecular flexibility index (Phi) is 6.80. The maximum Gasteiger partial charge on any atom is 0.348 e. The second-order valence-corrected chi connectivity index (χ2v) is 8.74. The van der Waals surface area contributed by atoms with Crippen molar-refractivity contribution < 1.29 is 8.85 Å². The highest BCUT2D eigenvalue weighted by Gasteiger charge is 2.37. The second kappa shape index (κ2) is 6.34. The van der Waals surface area contributed by atoms with Crippen LogP contribution in [0.25, 0.3) is 0 Å². The van der Waals surface area contributed by atoms with E-state index in [4.69, 9.17) is 8.85 Å². The normalized spacial score (nSPS) is 14.8. The molecule has 0 radical (unpaired) electrons. The first-order valence-electron chi connectivity index (χ1n) is 4.52. The van der Waals surface area contributed by atoms with E-state index in [1.807, 2.05) is 13.8 Å². The summed E-state index contributed by atoms with van der Waals surface area (Å²) in [5.74, 6) is 0. The van der Waals surface area contributed by atoms with Gasteiger partial charge in [-0.05, 0) is 26.8 Å². The molecule has 0 heterocycles. The molecule has 74 valence electrons. The maximum absolute atomic E-state index is 5.73. The van der Waals surface area contributed by atoms with E-state index in [1.54, 1.807) is 0 Å². The molecule has 0 spiro atoms. The summed E-state index contributed by atoms with van der Waals surface area (Å²) in [4.78, 5) is 0. The Labute approximate surface area is 90.4 Å². The molecule has 12 heavy (non-hydrogen) atoms. The molecule has 0 bridgehead atoms. The summed E-state index contributed by atoms with van der Waals surface area (Å²) >= 11 is 2.44. The SMILES string of the molecule is CCO[Si](C)(OCC)C(I)CC. The summed E-state index contributed by atoms with van der Waals surface area (Å²) in [5.41, 5.74) is 0. The van der Waals surface area contributed by atoms with Gasteiger partial charge in [0.1, 0.15) is 0 Å². The molecule has 0 amide bonds. The van der Waals surface area contributed by atoms with E-state index in [0.29, 0.717) is 3.55 Å². The second-order valence-electron chi connectivity index (χ2n) is 2.76. The molecule has 0 aliphatic rings. The molecular weight excluding hydrogens is 283 g/mol. The lowest BCUT2D eigenvalue weighted by Crippen LogP contribution is -2.47. The van der Waals surface area contributed by atoms with Crippen LogP contribution >= 0.6 is 22.6 Å². The molecule has 0 aliphatic heterocycles. The fourth-order valence-electron chi connectivity index (χ4n) is 1.17. The van der Waals surface area contributed by atoms with Crippen LogP contribution in [-0.2, 0) is 8.85 Å². The first-order chi connectivity index (χ1) is 5.60. The smallest absolute Gasteiger partial charge is 0.348 e. The van der Waals surface area contributed by atoms with Crippen LogP contribution in [0.1, 0.15) is 27.2 Å². The minimum atomic E-state index is -1.87. The lowest BCUT2D eigenvalue weighted by Gasteiger charge is -2.29. The van der Waals surface area contributed by atoms with Crippen LogP contribution in [0.3, 0.4) is 0 Å². The summed E-state index contributed by atoms with van der Waals surface area (Å²) < 4.78 is 12.0. The van der Waals surface area contributed by atoms with Gasteiger partial charge < -0.3 is 8.85 Å². The molecule has 1 unspecified atom stereocenters.